The highest BCUT2D eigenvalue weighted by Crippen LogP contribution is 2.27. The molecule has 2 heterocycles. The summed E-state index contributed by atoms with van der Waals surface area (Å²) in [4.78, 5) is 26.7. The van der Waals surface area contributed by atoms with E-state index in [-0.39, 0.29) is 5.56 Å². The van der Waals surface area contributed by atoms with Gasteiger partial charge in [-0.1, -0.05) is 12.6 Å². The molecule has 1 N–H and O–H groups in total. The molecule has 7 nitrogen and oxygen atoms in total. The largest absolute Gasteiger partial charge is 0.496 e. The van der Waals surface area contributed by atoms with Crippen LogP contribution in [0.2, 0.25) is 0 Å². The van der Waals surface area contributed by atoms with E-state index in [9.17, 15) is 9.90 Å². The summed E-state index contributed by atoms with van der Waals surface area (Å²) in [5, 5.41) is 9.22. The number of carbonyl (C=O) groups is 1. The Hall–Kier alpha value is -3.48. The Labute approximate surface area is 163 Å². The third-order valence-corrected chi connectivity index (χ3v) is 4.49. The predicted molar refractivity (Wildman–Crippen MR) is 110 cm³/mol. The van der Waals surface area contributed by atoms with E-state index in [1.165, 1.54) is 13.3 Å². The Kier molecular flexibility index (Phi) is 6.16. The fourth-order valence-corrected chi connectivity index (χ4v) is 3.07. The molecule has 1 aliphatic rings. The van der Waals surface area contributed by atoms with Crippen molar-refractivity contribution in [1.29, 1.82) is 0 Å². The number of anilines is 1. The van der Waals surface area contributed by atoms with E-state index in [4.69, 9.17) is 9.73 Å². The number of amidine groups is 1. The van der Waals surface area contributed by atoms with Crippen LogP contribution in [-0.2, 0) is 0 Å². The Morgan fingerprint density at radius 2 is 2.07 bits per heavy atom. The number of nitrogens with zero attached hydrogens (tertiary/aromatic N) is 4. The highest BCUT2D eigenvalue weighted by atomic mass is 16.5. The first kappa shape index (κ1) is 19.3. The van der Waals surface area contributed by atoms with E-state index in [1.807, 2.05) is 24.3 Å². The molecule has 0 amide bonds. The molecule has 1 aromatic carbocycles. The summed E-state index contributed by atoms with van der Waals surface area (Å²) in [6.07, 6.45) is 4.75. The van der Waals surface area contributed by atoms with Gasteiger partial charge in [-0.3, -0.25) is 4.98 Å². The highest BCUT2D eigenvalue weighted by molar-refractivity contribution is 6.06. The van der Waals surface area contributed by atoms with Crippen molar-refractivity contribution in [1.82, 2.24) is 4.98 Å². The zero-order valence-corrected chi connectivity index (χ0v) is 15.7. The number of pyridine rings is 1. The lowest BCUT2D eigenvalue weighted by molar-refractivity contribution is 0.0693. The van der Waals surface area contributed by atoms with Gasteiger partial charge in [0.25, 0.3) is 0 Å². The molecule has 1 aliphatic heterocycles. The van der Waals surface area contributed by atoms with Crippen molar-refractivity contribution in [2.45, 2.75) is 12.8 Å². The fraction of sp³-hybridized carbons (Fsp3) is 0.238. The maximum Gasteiger partial charge on any atom is 0.339 e. The van der Waals surface area contributed by atoms with Crippen LogP contribution in [0.4, 0.5) is 5.69 Å². The number of aromatic nitrogens is 1. The second kappa shape index (κ2) is 8.94. The number of carboxylic acid groups (broad SMARTS) is 1. The number of benzene rings is 1. The molecule has 1 fully saturated rings. The zero-order chi connectivity index (χ0) is 19.9. The lowest BCUT2D eigenvalue weighted by atomic mass is 10.1. The van der Waals surface area contributed by atoms with E-state index in [0.29, 0.717) is 17.3 Å². The lowest BCUT2D eigenvalue weighted by Crippen LogP contribution is -2.34. The number of rotatable bonds is 5. The Morgan fingerprint density at radius 3 is 2.68 bits per heavy atom. The molecule has 0 radical (unpaired) electrons. The number of hydrogen-bond donors (Lipinski definition) is 1. The van der Waals surface area contributed by atoms with Crippen LogP contribution in [0.3, 0.4) is 0 Å². The molecule has 28 heavy (non-hydrogen) atoms. The summed E-state index contributed by atoms with van der Waals surface area (Å²) in [5.74, 6) is -0.0773. The second-order valence-electron chi connectivity index (χ2n) is 6.21. The molecule has 0 spiro atoms. The van der Waals surface area contributed by atoms with Crippen LogP contribution in [0.25, 0.3) is 0 Å². The minimum atomic E-state index is -1.000. The topological polar surface area (TPSA) is 87.4 Å². The third-order valence-electron chi connectivity index (χ3n) is 4.49. The number of aromatic carboxylic acids is 1. The molecule has 1 aromatic heterocycles. The van der Waals surface area contributed by atoms with Crippen LogP contribution in [0.5, 0.6) is 5.75 Å². The summed E-state index contributed by atoms with van der Waals surface area (Å²) in [7, 11) is 1.48. The summed E-state index contributed by atoms with van der Waals surface area (Å²) >= 11 is 0. The van der Waals surface area contributed by atoms with Crippen molar-refractivity contribution in [2.24, 2.45) is 9.98 Å². The zero-order valence-electron chi connectivity index (χ0n) is 15.7. The van der Waals surface area contributed by atoms with Gasteiger partial charge in [0.05, 0.1) is 7.11 Å². The summed E-state index contributed by atoms with van der Waals surface area (Å²) < 4.78 is 5.22. The monoisotopic (exact) mass is 378 g/mol. The van der Waals surface area contributed by atoms with Gasteiger partial charge in [0, 0.05) is 55.8 Å². The minimum Gasteiger partial charge on any atom is -0.496 e. The van der Waals surface area contributed by atoms with E-state index in [2.05, 4.69) is 21.5 Å². The van der Waals surface area contributed by atoms with Gasteiger partial charge in [0.2, 0.25) is 0 Å². The van der Waals surface area contributed by atoms with Crippen molar-refractivity contribution >= 4 is 23.2 Å². The summed E-state index contributed by atoms with van der Waals surface area (Å²) in [6, 6.07) is 10.8. The molecule has 0 atom stereocenters. The van der Waals surface area contributed by atoms with E-state index in [1.54, 1.807) is 18.3 Å². The number of methoxy groups -OCH3 is 1. The van der Waals surface area contributed by atoms with Gasteiger partial charge >= 0.3 is 5.97 Å². The number of carboxylic acids is 1. The first-order chi connectivity index (χ1) is 13.6. The van der Waals surface area contributed by atoms with Gasteiger partial charge in [0.15, 0.2) is 5.84 Å². The fourth-order valence-electron chi connectivity index (χ4n) is 3.07. The van der Waals surface area contributed by atoms with E-state index < -0.39 is 5.97 Å². The predicted octanol–water partition coefficient (Wildman–Crippen LogP) is 3.42. The number of aliphatic imine (C=N–C) groups is 2. The highest BCUT2D eigenvalue weighted by Gasteiger charge is 2.19. The van der Waals surface area contributed by atoms with Crippen molar-refractivity contribution in [3.8, 4) is 5.75 Å². The smallest absolute Gasteiger partial charge is 0.339 e. The number of piperidine rings is 1. The van der Waals surface area contributed by atoms with Crippen molar-refractivity contribution in [3.63, 3.8) is 0 Å². The van der Waals surface area contributed by atoms with Gasteiger partial charge in [-0.05, 0) is 24.3 Å². The SMILES string of the molecule is C=CN=C(N=C1CCN(c2ccc(C(=O)O)c(OC)c2)CC1)c1ccccn1. The molecular weight excluding hydrogens is 356 g/mol. The van der Waals surface area contributed by atoms with Gasteiger partial charge < -0.3 is 14.7 Å². The van der Waals surface area contributed by atoms with Gasteiger partial charge in [0.1, 0.15) is 17.0 Å². The minimum absolute atomic E-state index is 0.158. The molecule has 0 bridgehead atoms. The van der Waals surface area contributed by atoms with Gasteiger partial charge in [-0.25, -0.2) is 14.8 Å². The van der Waals surface area contributed by atoms with Crippen LogP contribution in [0.1, 0.15) is 28.9 Å². The Morgan fingerprint density at radius 1 is 1.29 bits per heavy atom. The van der Waals surface area contributed by atoms with E-state index >= 15 is 0 Å². The third kappa shape index (κ3) is 4.43. The molecule has 0 aliphatic carbocycles. The molecule has 7 heteroatoms. The Bertz CT molecular complexity index is 913. The summed E-state index contributed by atoms with van der Waals surface area (Å²) in [6.45, 7) is 5.21. The molecule has 2 aromatic rings. The molecule has 0 unspecified atom stereocenters. The Balaban J connectivity index is 1.73. The van der Waals surface area contributed by atoms with Crippen LogP contribution in [0.15, 0.2) is 65.4 Å². The molecule has 0 saturated carbocycles. The van der Waals surface area contributed by atoms with Gasteiger partial charge in [-0.2, -0.15) is 0 Å². The number of hydrogen-bond acceptors (Lipinski definition) is 5. The van der Waals surface area contributed by atoms with Gasteiger partial charge in [-0.15, -0.1) is 0 Å². The van der Waals surface area contributed by atoms with Crippen molar-refractivity contribution in [3.05, 3.63) is 66.6 Å². The maximum absolute atomic E-state index is 11.3. The molecule has 1 saturated heterocycles. The number of ether oxygens (including phenoxy) is 1. The standard InChI is InChI=1S/C21H22N4O3/c1-3-22-20(18-6-4-5-11-23-18)24-15-9-12-25(13-10-15)16-7-8-17(21(26)27)19(14-16)28-2/h3-8,11,14H,1,9-10,12-13H2,2H3,(H,26,27). The van der Waals surface area contributed by atoms with Crippen LogP contribution in [0, 0.1) is 0 Å². The first-order valence-electron chi connectivity index (χ1n) is 8.95. The van der Waals surface area contributed by atoms with E-state index in [0.717, 1.165) is 37.3 Å². The van der Waals surface area contributed by atoms with Crippen LogP contribution in [-0.4, -0.2) is 47.8 Å². The molecule has 3 rings (SSSR count). The quantitative estimate of drug-likeness (QED) is 0.636. The molecular formula is C21H22N4O3. The second-order valence-corrected chi connectivity index (χ2v) is 6.21. The normalized spacial score (nSPS) is 14.5. The summed E-state index contributed by atoms with van der Waals surface area (Å²) in [5.41, 5.74) is 2.86. The van der Waals surface area contributed by atoms with Crippen LogP contribution < -0.4 is 9.64 Å². The first-order valence-corrected chi connectivity index (χ1v) is 8.95. The van der Waals surface area contributed by atoms with Crippen LogP contribution >= 0.6 is 0 Å². The maximum atomic E-state index is 11.3. The average Bonchev–Trinajstić information content (AvgIpc) is 2.74. The molecule has 144 valence electrons. The van der Waals surface area contributed by atoms with Crippen molar-refractivity contribution < 1.29 is 14.6 Å². The average molecular weight is 378 g/mol. The lowest BCUT2D eigenvalue weighted by Gasteiger charge is -2.30. The van der Waals surface area contributed by atoms with Crippen molar-refractivity contribution in [2.75, 3.05) is 25.1 Å².